The minimum Gasteiger partial charge on any atom is -0.310 e. The Balaban J connectivity index is 1.12. The molecule has 0 amide bonds. The number of hydrogen-bond donors (Lipinski definition) is 0. The van der Waals surface area contributed by atoms with Crippen LogP contribution in [0.2, 0.25) is 0 Å². The predicted octanol–water partition coefficient (Wildman–Crippen LogP) is 16.8. The molecule has 0 spiro atoms. The lowest BCUT2D eigenvalue weighted by Gasteiger charge is -2.34. The van der Waals surface area contributed by atoms with Gasteiger partial charge in [-0.05, 0) is 125 Å². The van der Waals surface area contributed by atoms with E-state index in [2.05, 4.69) is 91.0 Å². The van der Waals surface area contributed by atoms with Crippen LogP contribution in [0.4, 0.5) is 17.1 Å². The summed E-state index contributed by atoms with van der Waals surface area (Å²) < 4.78 is 77.9. The van der Waals surface area contributed by atoms with Crippen molar-refractivity contribution in [2.45, 2.75) is 5.41 Å². The number of hydrogen-bond acceptors (Lipinski definition) is 1. The second-order valence-electron chi connectivity index (χ2n) is 16.1. The SMILES string of the molecule is [2H]c1c([2H])c(N(c2cccc(-c3cccc4c3-c3ccccc3C4(c3ccccc3)c3ccccc3)c2)c2c([2H])c([2H])c(-c3cccc4ccccc34)c([2H])c2[2H])c([2H])c([2H])c1-c1cccc2ccccc12. The van der Waals surface area contributed by atoms with Crippen molar-refractivity contribution in [1.82, 2.24) is 0 Å². The quantitative estimate of drug-likeness (QED) is 0.148. The first-order valence-corrected chi connectivity index (χ1v) is 21.5. The Kier molecular flexibility index (Phi) is 7.28. The van der Waals surface area contributed by atoms with Crippen molar-refractivity contribution in [2.75, 3.05) is 4.90 Å². The highest BCUT2D eigenvalue weighted by Gasteiger charge is 2.46. The van der Waals surface area contributed by atoms with E-state index < -0.39 is 29.6 Å². The third-order valence-electron chi connectivity index (χ3n) is 12.7. The molecule has 11 aromatic carbocycles. The van der Waals surface area contributed by atoms with Crippen LogP contribution in [0.25, 0.3) is 66.1 Å². The van der Waals surface area contributed by atoms with Crippen LogP contribution in [0.1, 0.15) is 33.2 Å². The van der Waals surface area contributed by atoms with E-state index in [1.807, 2.05) is 103 Å². The molecule has 0 atom stereocenters. The van der Waals surface area contributed by atoms with Crippen molar-refractivity contribution >= 4 is 38.6 Å². The molecule has 0 N–H and O–H groups in total. The molecule has 64 heavy (non-hydrogen) atoms. The van der Waals surface area contributed by atoms with Crippen LogP contribution >= 0.6 is 0 Å². The minimum absolute atomic E-state index is 0.115. The van der Waals surface area contributed by atoms with Crippen molar-refractivity contribution < 1.29 is 11.0 Å². The van der Waals surface area contributed by atoms with Gasteiger partial charge in [0.2, 0.25) is 0 Å². The van der Waals surface area contributed by atoms with Crippen LogP contribution in [-0.2, 0) is 5.41 Å². The van der Waals surface area contributed by atoms with Gasteiger partial charge in [0.25, 0.3) is 0 Å². The van der Waals surface area contributed by atoms with E-state index in [0.29, 0.717) is 16.8 Å². The van der Waals surface area contributed by atoms with Crippen molar-refractivity contribution in [3.8, 4) is 44.5 Å². The van der Waals surface area contributed by atoms with E-state index in [1.165, 1.54) is 4.90 Å². The van der Waals surface area contributed by atoms with Crippen LogP contribution in [0.5, 0.6) is 0 Å². The molecule has 1 nitrogen and oxygen atoms in total. The van der Waals surface area contributed by atoms with Crippen LogP contribution < -0.4 is 4.90 Å². The van der Waals surface area contributed by atoms with E-state index in [-0.39, 0.29) is 46.7 Å². The van der Waals surface area contributed by atoms with Crippen LogP contribution in [0.15, 0.2) is 261 Å². The van der Waals surface area contributed by atoms with Gasteiger partial charge in [-0.3, -0.25) is 0 Å². The van der Waals surface area contributed by atoms with E-state index in [9.17, 15) is 11.0 Å². The predicted molar refractivity (Wildman–Crippen MR) is 270 cm³/mol. The molecule has 0 aliphatic heterocycles. The third-order valence-corrected chi connectivity index (χ3v) is 12.7. The molecular formula is C63H43N. The molecule has 0 heterocycles. The number of anilines is 3. The minimum atomic E-state index is -0.670. The molecule has 0 aromatic heterocycles. The molecule has 0 saturated carbocycles. The maximum Gasteiger partial charge on any atom is 0.0713 e. The fourth-order valence-electron chi connectivity index (χ4n) is 9.91. The summed E-state index contributed by atoms with van der Waals surface area (Å²) in [5.41, 5.74) is 8.73. The molecule has 300 valence electrons. The monoisotopic (exact) mass is 821 g/mol. The van der Waals surface area contributed by atoms with Gasteiger partial charge < -0.3 is 4.90 Å². The lowest BCUT2D eigenvalue weighted by atomic mass is 9.67. The van der Waals surface area contributed by atoms with Crippen LogP contribution in [-0.4, -0.2) is 0 Å². The molecular weight excluding hydrogens is 771 g/mol. The average molecular weight is 822 g/mol. The van der Waals surface area contributed by atoms with Gasteiger partial charge in [0, 0.05) is 17.1 Å². The van der Waals surface area contributed by atoms with E-state index in [1.54, 1.807) is 18.2 Å². The third kappa shape index (κ3) is 6.08. The zero-order valence-electron chi connectivity index (χ0n) is 42.7. The van der Waals surface area contributed by atoms with Crippen molar-refractivity contribution in [3.05, 3.63) is 283 Å². The molecule has 1 aliphatic carbocycles. The summed E-state index contributed by atoms with van der Waals surface area (Å²) in [6, 6.07) is 66.9. The van der Waals surface area contributed by atoms with Crippen molar-refractivity contribution in [3.63, 3.8) is 0 Å². The number of rotatable bonds is 8. The smallest absolute Gasteiger partial charge is 0.0713 e. The average Bonchev–Trinajstić information content (AvgIpc) is 3.73. The van der Waals surface area contributed by atoms with Crippen LogP contribution in [0.3, 0.4) is 0 Å². The summed E-state index contributed by atoms with van der Waals surface area (Å²) in [4.78, 5) is 1.40. The van der Waals surface area contributed by atoms with Gasteiger partial charge in [0.1, 0.15) is 0 Å². The van der Waals surface area contributed by atoms with Gasteiger partial charge in [0.05, 0.1) is 16.4 Å². The number of nitrogens with zero attached hydrogens (tertiary/aromatic N) is 1. The van der Waals surface area contributed by atoms with Gasteiger partial charge in [0.15, 0.2) is 0 Å². The molecule has 0 fully saturated rings. The zero-order valence-corrected chi connectivity index (χ0v) is 34.7. The summed E-state index contributed by atoms with van der Waals surface area (Å²) in [5, 5.41) is 3.29. The van der Waals surface area contributed by atoms with Gasteiger partial charge in [-0.15, -0.1) is 0 Å². The van der Waals surface area contributed by atoms with Crippen LogP contribution in [0, 0.1) is 0 Å². The normalized spacial score (nSPS) is 14.2. The number of fused-ring (bicyclic) bond motifs is 5. The lowest BCUT2D eigenvalue weighted by Crippen LogP contribution is -2.28. The molecule has 1 aliphatic rings. The summed E-state index contributed by atoms with van der Waals surface area (Å²) in [7, 11) is 0. The topological polar surface area (TPSA) is 3.24 Å². The molecule has 1 heteroatoms. The lowest BCUT2D eigenvalue weighted by molar-refractivity contribution is 0.768. The highest BCUT2D eigenvalue weighted by molar-refractivity contribution is 5.99. The molecule has 11 aromatic rings. The standard InChI is InChI=1S/C63H43N/c1-3-22-49(23-4-1)63(50-24-5-2-6-25-50)60-33-12-11-29-59(60)62-58(32-16-34-61(62)63)48-21-13-26-53(43-48)64(51-39-35-46(36-40-51)56-30-14-19-44-17-7-9-27-54(44)56)52-41-37-47(38-42-52)57-31-15-20-45-18-8-10-28-55(45)57/h1-43H/i35D,36D,37D,38D,39D,40D,41D,42D. The molecule has 0 saturated heterocycles. The van der Waals surface area contributed by atoms with Gasteiger partial charge in [-0.1, -0.05) is 224 Å². The Bertz CT molecular complexity index is 3730. The maximum atomic E-state index is 9.83. The Morgan fingerprint density at radius 3 is 1.34 bits per heavy atom. The van der Waals surface area contributed by atoms with Gasteiger partial charge in [-0.2, -0.15) is 0 Å². The zero-order chi connectivity index (χ0) is 49.4. The number of benzene rings is 11. The van der Waals surface area contributed by atoms with E-state index in [0.717, 1.165) is 66.1 Å². The Labute approximate surface area is 386 Å². The second kappa shape index (κ2) is 15.6. The highest BCUT2D eigenvalue weighted by atomic mass is 15.1. The first kappa shape index (κ1) is 29.9. The maximum absolute atomic E-state index is 9.83. The first-order valence-electron chi connectivity index (χ1n) is 25.5. The Morgan fingerprint density at radius 1 is 0.312 bits per heavy atom. The largest absolute Gasteiger partial charge is 0.310 e. The van der Waals surface area contributed by atoms with Gasteiger partial charge in [-0.25, -0.2) is 0 Å². The van der Waals surface area contributed by atoms with Gasteiger partial charge >= 0.3 is 0 Å². The van der Waals surface area contributed by atoms with Crippen molar-refractivity contribution in [2.24, 2.45) is 0 Å². The fourth-order valence-corrected chi connectivity index (χ4v) is 9.91. The summed E-state index contributed by atoms with van der Waals surface area (Å²) in [6.07, 6.45) is 0. The second-order valence-corrected chi connectivity index (χ2v) is 16.1. The summed E-state index contributed by atoms with van der Waals surface area (Å²) in [6.45, 7) is 0. The van der Waals surface area contributed by atoms with E-state index >= 15 is 0 Å². The highest BCUT2D eigenvalue weighted by Crippen LogP contribution is 2.58. The molecule has 0 bridgehead atoms. The summed E-state index contributed by atoms with van der Waals surface area (Å²) in [5.74, 6) is 0. The first-order chi connectivity index (χ1) is 35.1. The summed E-state index contributed by atoms with van der Waals surface area (Å²) >= 11 is 0. The fraction of sp³-hybridized carbons (Fsp3) is 0.0159. The molecule has 12 rings (SSSR count). The van der Waals surface area contributed by atoms with E-state index in [4.69, 9.17) is 0 Å². The molecule has 0 unspecified atom stereocenters. The van der Waals surface area contributed by atoms with Crippen molar-refractivity contribution in [1.29, 1.82) is 0 Å². The Morgan fingerprint density at radius 2 is 0.750 bits per heavy atom. The molecule has 0 radical (unpaired) electrons. The Hall–Kier alpha value is -8.26.